The molecule has 0 fully saturated rings. The second-order valence-electron chi connectivity index (χ2n) is 6.83. The molecule has 1 aromatic heterocycles. The molecule has 142 valence electrons. The predicted molar refractivity (Wildman–Crippen MR) is 104 cm³/mol. The molecule has 0 radical (unpaired) electrons. The van der Waals surface area contributed by atoms with Gasteiger partial charge in [0.15, 0.2) is 0 Å². The van der Waals surface area contributed by atoms with Crippen molar-refractivity contribution in [3.8, 4) is 0 Å². The monoisotopic (exact) mass is 396 g/mol. The molecule has 0 saturated heterocycles. The van der Waals surface area contributed by atoms with E-state index in [4.69, 9.17) is 5.73 Å². The van der Waals surface area contributed by atoms with Gasteiger partial charge in [0.2, 0.25) is 15.9 Å². The number of thiazole rings is 1. The molecule has 1 heterocycles. The number of hydrogen-bond acceptors (Lipinski definition) is 6. The molecule has 9 heteroatoms. The average Bonchev–Trinajstić information content (AvgIpc) is 3.02. The molecule has 4 N–H and O–H groups in total. The molecule has 2 rings (SSSR count). The number of nitrogens with two attached hydrogens (primary N) is 1. The quantitative estimate of drug-likeness (QED) is 0.661. The van der Waals surface area contributed by atoms with E-state index in [1.54, 1.807) is 12.1 Å². The van der Waals surface area contributed by atoms with Crippen molar-refractivity contribution < 1.29 is 13.2 Å². The number of anilines is 1. The van der Waals surface area contributed by atoms with Gasteiger partial charge in [-0.15, -0.1) is 11.3 Å². The van der Waals surface area contributed by atoms with E-state index in [0.29, 0.717) is 11.4 Å². The topological polar surface area (TPSA) is 114 Å². The van der Waals surface area contributed by atoms with Crippen LogP contribution in [0.25, 0.3) is 0 Å². The van der Waals surface area contributed by atoms with Crippen LogP contribution in [-0.4, -0.2) is 32.4 Å². The lowest BCUT2D eigenvalue weighted by Gasteiger charge is -2.13. The summed E-state index contributed by atoms with van der Waals surface area (Å²) in [6.07, 6.45) is 0.134. The van der Waals surface area contributed by atoms with E-state index in [1.807, 2.05) is 5.38 Å². The maximum atomic E-state index is 12.2. The van der Waals surface area contributed by atoms with E-state index in [0.717, 1.165) is 5.01 Å². The largest absolute Gasteiger partial charge is 0.329 e. The molecule has 1 amide bonds. The molecule has 0 aliphatic heterocycles. The van der Waals surface area contributed by atoms with Crippen LogP contribution in [0.1, 0.15) is 31.5 Å². The highest BCUT2D eigenvalue weighted by Crippen LogP contribution is 2.25. The minimum absolute atomic E-state index is 0.0569. The Morgan fingerprint density at radius 1 is 1.31 bits per heavy atom. The molecule has 0 bridgehead atoms. The zero-order chi connectivity index (χ0) is 19.4. The number of benzene rings is 1. The van der Waals surface area contributed by atoms with Gasteiger partial charge in [-0.1, -0.05) is 26.8 Å². The molecule has 0 unspecified atom stereocenters. The van der Waals surface area contributed by atoms with Crippen molar-refractivity contribution in [2.75, 3.05) is 18.4 Å². The molecular weight excluding hydrogens is 372 g/mol. The van der Waals surface area contributed by atoms with Gasteiger partial charge in [-0.25, -0.2) is 18.1 Å². The third-order valence-electron chi connectivity index (χ3n) is 3.40. The Labute approximate surface area is 158 Å². The van der Waals surface area contributed by atoms with Crippen molar-refractivity contribution in [1.29, 1.82) is 0 Å². The van der Waals surface area contributed by atoms with Crippen LogP contribution >= 0.6 is 11.3 Å². The van der Waals surface area contributed by atoms with Crippen LogP contribution in [0.3, 0.4) is 0 Å². The fourth-order valence-corrected chi connectivity index (χ4v) is 4.12. The van der Waals surface area contributed by atoms with Crippen LogP contribution < -0.4 is 15.8 Å². The van der Waals surface area contributed by atoms with Crippen LogP contribution in [0.4, 0.5) is 5.69 Å². The van der Waals surface area contributed by atoms with Crippen LogP contribution in [-0.2, 0) is 26.7 Å². The SMILES string of the molecule is CC(C)(C)c1nc(CC(=O)Nc2cccc(S(=O)(=O)NCCN)c2)cs1. The smallest absolute Gasteiger partial charge is 0.240 e. The molecule has 26 heavy (non-hydrogen) atoms. The van der Waals surface area contributed by atoms with Crippen LogP contribution in [0.5, 0.6) is 0 Å². The highest BCUT2D eigenvalue weighted by Gasteiger charge is 2.19. The third kappa shape index (κ3) is 5.60. The summed E-state index contributed by atoms with van der Waals surface area (Å²) in [7, 11) is -3.64. The van der Waals surface area contributed by atoms with Crippen molar-refractivity contribution >= 4 is 33.0 Å². The molecule has 0 saturated carbocycles. The van der Waals surface area contributed by atoms with E-state index in [9.17, 15) is 13.2 Å². The fraction of sp³-hybridized carbons (Fsp3) is 0.412. The van der Waals surface area contributed by atoms with Crippen LogP contribution in [0.2, 0.25) is 0 Å². The summed E-state index contributed by atoms with van der Waals surface area (Å²) in [6, 6.07) is 6.09. The first-order valence-corrected chi connectivity index (χ1v) is 10.5. The number of carbonyl (C=O) groups is 1. The number of aromatic nitrogens is 1. The van der Waals surface area contributed by atoms with Gasteiger partial charge < -0.3 is 11.1 Å². The Kier molecular flexibility index (Phi) is 6.51. The van der Waals surface area contributed by atoms with Gasteiger partial charge >= 0.3 is 0 Å². The Morgan fingerprint density at radius 2 is 2.04 bits per heavy atom. The van der Waals surface area contributed by atoms with Crippen molar-refractivity contribution in [3.63, 3.8) is 0 Å². The van der Waals surface area contributed by atoms with E-state index < -0.39 is 10.0 Å². The molecule has 0 aliphatic carbocycles. The van der Waals surface area contributed by atoms with E-state index in [-0.39, 0.29) is 35.7 Å². The maximum Gasteiger partial charge on any atom is 0.240 e. The van der Waals surface area contributed by atoms with Gasteiger partial charge in [-0.2, -0.15) is 0 Å². The summed E-state index contributed by atoms with van der Waals surface area (Å²) in [5.74, 6) is -0.250. The molecule has 0 spiro atoms. The Bertz CT molecular complexity index is 870. The summed E-state index contributed by atoms with van der Waals surface area (Å²) in [6.45, 7) is 6.57. The minimum Gasteiger partial charge on any atom is -0.329 e. The maximum absolute atomic E-state index is 12.2. The number of amides is 1. The highest BCUT2D eigenvalue weighted by molar-refractivity contribution is 7.89. The summed E-state index contributed by atoms with van der Waals surface area (Å²) in [4.78, 5) is 16.8. The predicted octanol–water partition coefficient (Wildman–Crippen LogP) is 1.86. The second-order valence-corrected chi connectivity index (χ2v) is 9.46. The lowest BCUT2D eigenvalue weighted by atomic mass is 9.98. The van der Waals surface area contributed by atoms with Crippen LogP contribution in [0.15, 0.2) is 34.5 Å². The number of rotatable bonds is 7. The molecule has 1 aromatic carbocycles. The van der Waals surface area contributed by atoms with Gasteiger partial charge in [0.05, 0.1) is 22.0 Å². The first-order chi connectivity index (χ1) is 12.1. The van der Waals surface area contributed by atoms with Crippen molar-refractivity contribution in [3.05, 3.63) is 40.3 Å². The Balaban J connectivity index is 2.05. The molecule has 7 nitrogen and oxygen atoms in total. The average molecular weight is 397 g/mol. The highest BCUT2D eigenvalue weighted by atomic mass is 32.2. The normalized spacial score (nSPS) is 12.2. The van der Waals surface area contributed by atoms with Gasteiger partial charge in [0.1, 0.15) is 0 Å². The molecular formula is C17H24N4O3S2. The summed E-state index contributed by atoms with van der Waals surface area (Å²) in [5, 5.41) is 5.56. The summed E-state index contributed by atoms with van der Waals surface area (Å²) in [5.41, 5.74) is 6.38. The zero-order valence-electron chi connectivity index (χ0n) is 15.1. The van der Waals surface area contributed by atoms with Gasteiger partial charge in [0, 0.05) is 29.6 Å². The first kappa shape index (κ1) is 20.5. The molecule has 2 aromatic rings. The van der Waals surface area contributed by atoms with Crippen LogP contribution in [0, 0.1) is 0 Å². The number of hydrogen-bond donors (Lipinski definition) is 3. The van der Waals surface area contributed by atoms with Crippen molar-refractivity contribution in [2.45, 2.75) is 37.5 Å². The summed E-state index contributed by atoms with van der Waals surface area (Å²) >= 11 is 1.53. The Hall–Kier alpha value is -1.81. The van der Waals surface area contributed by atoms with E-state index >= 15 is 0 Å². The van der Waals surface area contributed by atoms with Gasteiger partial charge in [-0.3, -0.25) is 4.79 Å². The fourth-order valence-electron chi connectivity index (χ4n) is 2.12. The lowest BCUT2D eigenvalue weighted by Crippen LogP contribution is -2.29. The zero-order valence-corrected chi connectivity index (χ0v) is 16.7. The molecule has 0 aliphatic rings. The van der Waals surface area contributed by atoms with Gasteiger partial charge in [0.25, 0.3) is 0 Å². The number of nitrogens with one attached hydrogen (secondary N) is 2. The standard InChI is InChI=1S/C17H24N4O3S2/c1-17(2,3)16-21-13(11-25-16)10-15(22)20-12-5-4-6-14(9-12)26(23,24)19-8-7-18/h4-6,9,11,19H,7-8,10,18H2,1-3H3,(H,20,22). The second kappa shape index (κ2) is 8.26. The minimum atomic E-state index is -3.64. The van der Waals surface area contributed by atoms with Gasteiger partial charge in [-0.05, 0) is 18.2 Å². The molecule has 0 atom stereocenters. The first-order valence-electron chi connectivity index (χ1n) is 8.16. The van der Waals surface area contributed by atoms with Crippen molar-refractivity contribution in [2.24, 2.45) is 5.73 Å². The van der Waals surface area contributed by atoms with E-state index in [2.05, 4.69) is 35.8 Å². The summed E-state index contributed by atoms with van der Waals surface area (Å²) < 4.78 is 26.6. The third-order valence-corrected chi connectivity index (χ3v) is 6.18. The Morgan fingerprint density at radius 3 is 2.65 bits per heavy atom. The number of nitrogens with zero attached hydrogens (tertiary/aromatic N) is 1. The number of sulfonamides is 1. The van der Waals surface area contributed by atoms with Crippen molar-refractivity contribution in [1.82, 2.24) is 9.71 Å². The number of carbonyl (C=O) groups excluding carboxylic acids is 1. The van der Waals surface area contributed by atoms with E-state index in [1.165, 1.54) is 23.5 Å². The lowest BCUT2D eigenvalue weighted by molar-refractivity contribution is -0.115.